The average Bonchev–Trinajstić information content (AvgIpc) is 3.38. The Morgan fingerprint density at radius 2 is 1.92 bits per heavy atom. The molecule has 0 aromatic heterocycles. The fourth-order valence-electron chi connectivity index (χ4n) is 5.05. The van der Waals surface area contributed by atoms with Crippen molar-refractivity contribution in [2.75, 3.05) is 39.5 Å². The maximum absolute atomic E-state index is 11.6. The number of aldehydes is 1. The van der Waals surface area contributed by atoms with E-state index in [0.29, 0.717) is 48.5 Å². The third-order valence-corrected chi connectivity index (χ3v) is 7.62. The van der Waals surface area contributed by atoms with Gasteiger partial charge in [-0.25, -0.2) is 0 Å². The summed E-state index contributed by atoms with van der Waals surface area (Å²) in [5.74, 6) is 2.33. The fraction of sp³-hybridized carbons (Fsp3) is 0.387. The molecule has 0 saturated carbocycles. The highest BCUT2D eigenvalue weighted by atomic mass is 35.5. The Morgan fingerprint density at radius 1 is 1.08 bits per heavy atom. The molecule has 0 aliphatic carbocycles. The molecule has 0 radical (unpaired) electrons. The number of ether oxygens (including phenoxy) is 4. The maximum atomic E-state index is 11.6. The van der Waals surface area contributed by atoms with Gasteiger partial charge in [0.05, 0.1) is 18.3 Å². The summed E-state index contributed by atoms with van der Waals surface area (Å²) in [6.07, 6.45) is 3.13. The molecule has 2 aliphatic rings. The molecule has 1 saturated heterocycles. The first-order valence-electron chi connectivity index (χ1n) is 13.5. The predicted molar refractivity (Wildman–Crippen MR) is 151 cm³/mol. The number of carbonyl (C=O) groups is 1. The number of β-amino-alcohol motifs (C(OH)–C–C–N with tert-alkyl or cyclic N) is 1. The topological polar surface area (TPSA) is 77.5 Å². The van der Waals surface area contributed by atoms with Gasteiger partial charge in [-0.3, -0.25) is 4.79 Å². The second-order valence-electron chi connectivity index (χ2n) is 9.95. The summed E-state index contributed by atoms with van der Waals surface area (Å²) in [7, 11) is 0. The van der Waals surface area contributed by atoms with E-state index in [4.69, 9.17) is 30.5 Å². The van der Waals surface area contributed by atoms with Crippen LogP contribution in [-0.2, 0) is 6.61 Å². The van der Waals surface area contributed by atoms with Crippen LogP contribution < -0.4 is 18.9 Å². The fourth-order valence-corrected chi connectivity index (χ4v) is 5.33. The van der Waals surface area contributed by atoms with Crippen molar-refractivity contribution in [3.63, 3.8) is 0 Å². The van der Waals surface area contributed by atoms with Gasteiger partial charge in [0.2, 0.25) is 0 Å². The zero-order valence-corrected chi connectivity index (χ0v) is 22.9. The number of fused-ring (bicyclic) bond motifs is 1. The first-order chi connectivity index (χ1) is 19.0. The van der Waals surface area contributed by atoms with Crippen molar-refractivity contribution < 1.29 is 28.8 Å². The van der Waals surface area contributed by atoms with Gasteiger partial charge in [0.25, 0.3) is 0 Å². The lowest BCUT2D eigenvalue weighted by molar-refractivity contribution is 0.111. The van der Waals surface area contributed by atoms with Crippen molar-refractivity contribution in [1.82, 2.24) is 4.90 Å². The normalized spacial score (nSPS) is 16.7. The molecule has 0 bridgehead atoms. The number of halogens is 1. The van der Waals surface area contributed by atoms with Crippen LogP contribution >= 0.6 is 11.6 Å². The number of hydrogen-bond donors (Lipinski definition) is 1. The molecular formula is C31H34ClNO6. The summed E-state index contributed by atoms with van der Waals surface area (Å²) < 4.78 is 23.5. The molecule has 2 aliphatic heterocycles. The summed E-state index contributed by atoms with van der Waals surface area (Å²) >= 11 is 6.66. The van der Waals surface area contributed by atoms with Crippen LogP contribution in [0.2, 0.25) is 5.02 Å². The van der Waals surface area contributed by atoms with Crippen molar-refractivity contribution >= 4 is 17.9 Å². The zero-order valence-electron chi connectivity index (χ0n) is 22.2. The molecule has 206 valence electrons. The number of aliphatic hydroxyl groups is 1. The van der Waals surface area contributed by atoms with Gasteiger partial charge in [-0.05, 0) is 79.3 Å². The van der Waals surface area contributed by atoms with Crippen LogP contribution in [0.3, 0.4) is 0 Å². The van der Waals surface area contributed by atoms with E-state index >= 15 is 0 Å². The van der Waals surface area contributed by atoms with E-state index < -0.39 is 0 Å². The molecule has 3 aromatic carbocycles. The lowest BCUT2D eigenvalue weighted by atomic mass is 9.96. The van der Waals surface area contributed by atoms with Crippen LogP contribution in [0.25, 0.3) is 11.1 Å². The quantitative estimate of drug-likeness (QED) is 0.242. The van der Waals surface area contributed by atoms with E-state index in [9.17, 15) is 9.90 Å². The molecule has 0 amide bonds. The van der Waals surface area contributed by atoms with Crippen molar-refractivity contribution in [2.45, 2.75) is 38.9 Å². The molecule has 1 fully saturated rings. The molecule has 7 nitrogen and oxygen atoms in total. The van der Waals surface area contributed by atoms with Gasteiger partial charge >= 0.3 is 0 Å². The van der Waals surface area contributed by atoms with Crippen LogP contribution in [-0.4, -0.2) is 61.9 Å². The average molecular weight is 552 g/mol. The highest BCUT2D eigenvalue weighted by Crippen LogP contribution is 2.38. The second-order valence-corrected chi connectivity index (χ2v) is 10.3. The summed E-state index contributed by atoms with van der Waals surface area (Å²) in [5, 5.41) is 9.96. The summed E-state index contributed by atoms with van der Waals surface area (Å²) in [4.78, 5) is 13.9. The smallest absolute Gasteiger partial charge is 0.161 e. The summed E-state index contributed by atoms with van der Waals surface area (Å²) in [6.45, 7) is 6.51. The van der Waals surface area contributed by atoms with Gasteiger partial charge in [0, 0.05) is 13.1 Å². The van der Waals surface area contributed by atoms with Crippen LogP contribution in [0, 0.1) is 6.92 Å². The largest absolute Gasteiger partial charge is 0.491 e. The van der Waals surface area contributed by atoms with Crippen molar-refractivity contribution in [3.8, 4) is 34.1 Å². The number of likely N-dealkylation sites (tertiary alicyclic amines) is 1. The monoisotopic (exact) mass is 551 g/mol. The zero-order chi connectivity index (χ0) is 27.2. The minimum absolute atomic E-state index is 0.211. The van der Waals surface area contributed by atoms with Crippen LogP contribution in [0.5, 0.6) is 23.0 Å². The number of unbranched alkanes of at least 4 members (excludes halogenated alkanes) is 1. The van der Waals surface area contributed by atoms with Crippen molar-refractivity contribution in [3.05, 3.63) is 70.2 Å². The molecule has 3 aromatic rings. The predicted octanol–water partition coefficient (Wildman–Crippen LogP) is 5.70. The van der Waals surface area contributed by atoms with Gasteiger partial charge < -0.3 is 29.0 Å². The molecule has 1 unspecified atom stereocenters. The number of rotatable bonds is 11. The molecule has 1 N–H and O–H groups in total. The maximum Gasteiger partial charge on any atom is 0.161 e. The molecule has 8 heteroatoms. The standard InChI is InChI=1S/C31H34ClNO6/c1-21-24(5-4-6-26(21)22-7-9-27-29(17-22)37-16-15-36-27)20-39-28-10-8-23(19-34)31(30(28)32)38-14-3-2-12-33-13-11-25(35)18-33/h4-10,17,19,25,35H,2-3,11-16,18,20H2,1H3. The van der Waals surface area contributed by atoms with E-state index in [1.54, 1.807) is 12.1 Å². The van der Waals surface area contributed by atoms with Gasteiger partial charge in [0.15, 0.2) is 23.5 Å². The Bertz CT molecular complexity index is 1310. The minimum Gasteiger partial charge on any atom is -0.491 e. The van der Waals surface area contributed by atoms with Gasteiger partial charge in [-0.15, -0.1) is 0 Å². The highest BCUT2D eigenvalue weighted by molar-refractivity contribution is 6.34. The Kier molecular flexibility index (Phi) is 8.91. The Hall–Kier alpha value is -3.26. The van der Waals surface area contributed by atoms with Crippen molar-refractivity contribution in [2.24, 2.45) is 0 Å². The minimum atomic E-state index is -0.211. The first kappa shape index (κ1) is 27.3. The van der Waals surface area contributed by atoms with Gasteiger partial charge in [-0.1, -0.05) is 35.9 Å². The Morgan fingerprint density at radius 3 is 2.72 bits per heavy atom. The van der Waals surface area contributed by atoms with E-state index in [2.05, 4.69) is 17.9 Å². The summed E-state index contributed by atoms with van der Waals surface area (Å²) in [5.41, 5.74) is 4.64. The van der Waals surface area contributed by atoms with Gasteiger partial charge in [-0.2, -0.15) is 0 Å². The first-order valence-corrected chi connectivity index (χ1v) is 13.8. The molecule has 2 heterocycles. The van der Waals surface area contributed by atoms with Gasteiger partial charge in [0.1, 0.15) is 30.6 Å². The van der Waals surface area contributed by atoms with Crippen LogP contribution in [0.4, 0.5) is 0 Å². The lowest BCUT2D eigenvalue weighted by Gasteiger charge is -2.20. The van der Waals surface area contributed by atoms with Crippen molar-refractivity contribution in [1.29, 1.82) is 0 Å². The number of benzene rings is 3. The number of nitrogens with zero attached hydrogens (tertiary/aromatic N) is 1. The highest BCUT2D eigenvalue weighted by Gasteiger charge is 2.20. The molecule has 0 spiro atoms. The SMILES string of the molecule is Cc1c(COc2ccc(C=O)c(OCCCCN3CCC(O)C3)c2Cl)cccc1-c1ccc2c(c1)OCCO2. The molecular weight excluding hydrogens is 518 g/mol. The van der Waals surface area contributed by atoms with E-state index in [1.165, 1.54) is 0 Å². The van der Waals surface area contributed by atoms with E-state index in [0.717, 1.165) is 78.9 Å². The van der Waals surface area contributed by atoms with Crippen LogP contribution in [0.15, 0.2) is 48.5 Å². The third kappa shape index (κ3) is 6.49. The Labute approximate surface area is 234 Å². The second kappa shape index (κ2) is 12.7. The number of hydrogen-bond acceptors (Lipinski definition) is 7. The number of aliphatic hydroxyl groups excluding tert-OH is 1. The third-order valence-electron chi connectivity index (χ3n) is 7.26. The molecule has 5 rings (SSSR count). The summed E-state index contributed by atoms with van der Waals surface area (Å²) in [6, 6.07) is 15.5. The number of carbonyl (C=O) groups excluding carboxylic acids is 1. The molecule has 1 atom stereocenters. The van der Waals surface area contributed by atoms with Crippen LogP contribution in [0.1, 0.15) is 40.7 Å². The lowest BCUT2D eigenvalue weighted by Crippen LogP contribution is -2.23. The van der Waals surface area contributed by atoms with E-state index in [1.807, 2.05) is 30.3 Å². The van der Waals surface area contributed by atoms with E-state index in [-0.39, 0.29) is 6.10 Å². The molecule has 39 heavy (non-hydrogen) atoms. The Balaban J connectivity index is 1.23.